The summed E-state index contributed by atoms with van der Waals surface area (Å²) in [5.74, 6) is -1.97. The lowest BCUT2D eigenvalue weighted by molar-refractivity contribution is 0.284. The highest BCUT2D eigenvalue weighted by Crippen LogP contribution is 2.23. The summed E-state index contributed by atoms with van der Waals surface area (Å²) in [6.07, 6.45) is 4.46. The van der Waals surface area contributed by atoms with Crippen molar-refractivity contribution in [2.45, 2.75) is 20.0 Å². The van der Waals surface area contributed by atoms with Gasteiger partial charge in [-0.05, 0) is 29.7 Å². The van der Waals surface area contributed by atoms with Gasteiger partial charge in [-0.3, -0.25) is 0 Å². The van der Waals surface area contributed by atoms with E-state index in [2.05, 4.69) is 9.97 Å². The molecule has 2 aromatic carbocycles. The highest BCUT2D eigenvalue weighted by Gasteiger charge is 2.14. The highest BCUT2D eigenvalue weighted by molar-refractivity contribution is 5.55. The molecular formula is C20H15F2N3O. The van der Waals surface area contributed by atoms with Crippen molar-refractivity contribution < 1.29 is 13.5 Å². The molecule has 0 aliphatic rings. The Kier molecular flexibility index (Phi) is 5.18. The summed E-state index contributed by atoms with van der Waals surface area (Å²) in [5.41, 5.74) is 2.35. The van der Waals surface area contributed by atoms with Crippen LogP contribution in [0, 0.1) is 23.0 Å². The first-order chi connectivity index (χ1) is 12.6. The minimum absolute atomic E-state index is 0.0676. The van der Waals surface area contributed by atoms with Crippen LogP contribution in [0.4, 0.5) is 8.78 Å². The summed E-state index contributed by atoms with van der Waals surface area (Å²) in [6.45, 7) is 2.11. The van der Waals surface area contributed by atoms with Gasteiger partial charge in [-0.15, -0.1) is 0 Å². The molecule has 3 rings (SSSR count). The molecule has 0 aliphatic carbocycles. The van der Waals surface area contributed by atoms with Gasteiger partial charge in [0.25, 0.3) is 0 Å². The summed E-state index contributed by atoms with van der Waals surface area (Å²) in [7, 11) is 0. The predicted octanol–water partition coefficient (Wildman–Crippen LogP) is 4.43. The molecule has 1 heterocycles. The Hall–Kier alpha value is -3.33. The van der Waals surface area contributed by atoms with Gasteiger partial charge in [0.15, 0.2) is 17.4 Å². The predicted molar refractivity (Wildman–Crippen MR) is 92.3 cm³/mol. The minimum atomic E-state index is -1.20. The number of hydrogen-bond acceptors (Lipinski definition) is 4. The van der Waals surface area contributed by atoms with Gasteiger partial charge in [0.1, 0.15) is 12.7 Å². The lowest BCUT2D eigenvalue weighted by Crippen LogP contribution is -2.00. The lowest BCUT2D eigenvalue weighted by Gasteiger charge is -2.09. The van der Waals surface area contributed by atoms with Crippen LogP contribution in [-0.4, -0.2) is 9.97 Å². The van der Waals surface area contributed by atoms with Crippen LogP contribution >= 0.6 is 0 Å². The number of aromatic nitrogens is 2. The van der Waals surface area contributed by atoms with E-state index in [4.69, 9.17) is 10.00 Å². The Labute approximate surface area is 149 Å². The third-order valence-corrected chi connectivity index (χ3v) is 3.89. The molecule has 0 spiro atoms. The van der Waals surface area contributed by atoms with E-state index in [1.165, 1.54) is 12.1 Å². The van der Waals surface area contributed by atoms with Crippen molar-refractivity contribution in [2.24, 2.45) is 0 Å². The van der Waals surface area contributed by atoms with Crippen molar-refractivity contribution in [3.05, 3.63) is 77.1 Å². The number of nitriles is 1. The number of aryl methyl sites for hydroxylation is 1. The molecule has 0 saturated carbocycles. The van der Waals surface area contributed by atoms with Crippen molar-refractivity contribution >= 4 is 0 Å². The van der Waals surface area contributed by atoms with E-state index in [1.54, 1.807) is 18.5 Å². The van der Waals surface area contributed by atoms with E-state index in [0.717, 1.165) is 23.1 Å². The number of hydrogen-bond donors (Lipinski definition) is 0. The fourth-order valence-electron chi connectivity index (χ4n) is 2.33. The number of rotatable bonds is 5. The van der Waals surface area contributed by atoms with Crippen LogP contribution in [0.15, 0.2) is 48.8 Å². The molecule has 26 heavy (non-hydrogen) atoms. The van der Waals surface area contributed by atoms with Crippen molar-refractivity contribution in [2.75, 3.05) is 0 Å². The van der Waals surface area contributed by atoms with Crippen LogP contribution < -0.4 is 4.74 Å². The molecule has 0 bridgehead atoms. The van der Waals surface area contributed by atoms with Crippen LogP contribution in [0.1, 0.15) is 23.6 Å². The molecular weight excluding hydrogens is 336 g/mol. The normalized spacial score (nSPS) is 10.4. The second-order valence-corrected chi connectivity index (χ2v) is 5.61. The Balaban J connectivity index is 1.70. The maximum Gasteiger partial charge on any atom is 0.202 e. The Bertz CT molecular complexity index is 949. The lowest BCUT2D eigenvalue weighted by atomic mass is 10.1. The van der Waals surface area contributed by atoms with Gasteiger partial charge >= 0.3 is 0 Å². The number of ether oxygens (including phenoxy) is 1. The first-order valence-corrected chi connectivity index (χ1v) is 8.03. The van der Waals surface area contributed by atoms with Crippen molar-refractivity contribution in [1.82, 2.24) is 9.97 Å². The highest BCUT2D eigenvalue weighted by atomic mass is 19.2. The van der Waals surface area contributed by atoms with E-state index in [-0.39, 0.29) is 17.9 Å². The average molecular weight is 351 g/mol. The fraction of sp³-hybridized carbons (Fsp3) is 0.150. The smallest absolute Gasteiger partial charge is 0.202 e. The van der Waals surface area contributed by atoms with Gasteiger partial charge in [-0.2, -0.15) is 9.65 Å². The van der Waals surface area contributed by atoms with Gasteiger partial charge < -0.3 is 4.74 Å². The van der Waals surface area contributed by atoms with Gasteiger partial charge in [-0.1, -0.05) is 31.2 Å². The zero-order valence-corrected chi connectivity index (χ0v) is 14.0. The van der Waals surface area contributed by atoms with Crippen LogP contribution in [0.2, 0.25) is 0 Å². The quantitative estimate of drug-likeness (QED) is 0.682. The van der Waals surface area contributed by atoms with E-state index in [9.17, 15) is 8.78 Å². The topological polar surface area (TPSA) is 58.8 Å². The number of benzene rings is 2. The SMILES string of the molecule is CCc1cnc(-c2ccc(COc3ccc(C#N)c(F)c3F)cc2)nc1. The van der Waals surface area contributed by atoms with Crippen molar-refractivity contribution in [1.29, 1.82) is 5.26 Å². The largest absolute Gasteiger partial charge is 0.486 e. The second kappa shape index (κ2) is 7.70. The summed E-state index contributed by atoms with van der Waals surface area (Å²) >= 11 is 0. The van der Waals surface area contributed by atoms with Gasteiger partial charge in [0.05, 0.1) is 5.56 Å². The first kappa shape index (κ1) is 17.5. The van der Waals surface area contributed by atoms with Crippen LogP contribution in [0.3, 0.4) is 0 Å². The molecule has 4 nitrogen and oxygen atoms in total. The molecule has 0 fully saturated rings. The zero-order chi connectivity index (χ0) is 18.5. The molecule has 0 unspecified atom stereocenters. The van der Waals surface area contributed by atoms with Crippen molar-refractivity contribution in [3.8, 4) is 23.2 Å². The maximum atomic E-state index is 13.8. The standard InChI is InChI=1S/C20H15F2N3O/c1-2-13-10-24-20(25-11-13)15-5-3-14(4-6-15)12-26-17-8-7-16(9-23)18(21)19(17)22/h3-8,10-11H,2,12H2,1H3. The Morgan fingerprint density at radius 3 is 2.27 bits per heavy atom. The fourth-order valence-corrected chi connectivity index (χ4v) is 2.33. The molecule has 0 saturated heterocycles. The molecule has 6 heteroatoms. The molecule has 0 N–H and O–H groups in total. The van der Waals surface area contributed by atoms with Crippen LogP contribution in [0.5, 0.6) is 5.75 Å². The summed E-state index contributed by atoms with van der Waals surface area (Å²) in [6, 6.07) is 11.3. The zero-order valence-electron chi connectivity index (χ0n) is 14.0. The molecule has 1 aromatic heterocycles. The van der Waals surface area contributed by atoms with E-state index < -0.39 is 11.6 Å². The molecule has 0 amide bonds. The van der Waals surface area contributed by atoms with E-state index in [1.807, 2.05) is 31.2 Å². The Morgan fingerprint density at radius 1 is 0.962 bits per heavy atom. The molecule has 3 aromatic rings. The molecule has 0 atom stereocenters. The number of halogens is 2. The van der Waals surface area contributed by atoms with Crippen molar-refractivity contribution in [3.63, 3.8) is 0 Å². The van der Waals surface area contributed by atoms with Gasteiger partial charge in [0, 0.05) is 18.0 Å². The number of nitrogens with zero attached hydrogens (tertiary/aromatic N) is 3. The van der Waals surface area contributed by atoms with Crippen LogP contribution in [-0.2, 0) is 13.0 Å². The minimum Gasteiger partial charge on any atom is -0.486 e. The summed E-state index contributed by atoms with van der Waals surface area (Å²) < 4.78 is 32.7. The van der Waals surface area contributed by atoms with Crippen LogP contribution in [0.25, 0.3) is 11.4 Å². The third kappa shape index (κ3) is 3.67. The first-order valence-electron chi connectivity index (χ1n) is 8.03. The monoisotopic (exact) mass is 351 g/mol. The molecule has 0 radical (unpaired) electrons. The molecule has 0 aliphatic heterocycles. The summed E-state index contributed by atoms with van der Waals surface area (Å²) in [4.78, 5) is 8.64. The maximum absolute atomic E-state index is 13.8. The van der Waals surface area contributed by atoms with E-state index >= 15 is 0 Å². The third-order valence-electron chi connectivity index (χ3n) is 3.89. The van der Waals surface area contributed by atoms with E-state index in [0.29, 0.717) is 5.82 Å². The Morgan fingerprint density at radius 2 is 1.65 bits per heavy atom. The second-order valence-electron chi connectivity index (χ2n) is 5.61. The van der Waals surface area contributed by atoms with Gasteiger partial charge in [-0.25, -0.2) is 14.4 Å². The van der Waals surface area contributed by atoms with Gasteiger partial charge in [0.2, 0.25) is 5.82 Å². The summed E-state index contributed by atoms with van der Waals surface area (Å²) in [5, 5.41) is 8.68. The average Bonchev–Trinajstić information content (AvgIpc) is 2.70. The molecule has 130 valence electrons.